The van der Waals surface area contributed by atoms with Crippen molar-refractivity contribution in [2.24, 2.45) is 0 Å². The Morgan fingerprint density at radius 1 is 1.10 bits per heavy atom. The fourth-order valence-electron chi connectivity index (χ4n) is 2.93. The second-order valence-corrected chi connectivity index (χ2v) is 7.11. The fourth-order valence-corrected chi connectivity index (χ4v) is 3.15. The predicted octanol–water partition coefficient (Wildman–Crippen LogP) is 5.69. The van der Waals surface area contributed by atoms with Gasteiger partial charge in [0.1, 0.15) is 12.4 Å². The second-order valence-electron chi connectivity index (χ2n) is 6.70. The summed E-state index contributed by atoms with van der Waals surface area (Å²) in [5.41, 5.74) is 3.58. The Labute approximate surface area is 179 Å². The van der Waals surface area contributed by atoms with E-state index in [1.54, 1.807) is 37.4 Å². The van der Waals surface area contributed by atoms with Gasteiger partial charge in [0.2, 0.25) is 0 Å². The van der Waals surface area contributed by atoms with Crippen LogP contribution in [0.15, 0.2) is 54.6 Å². The Balaban J connectivity index is 1.67. The number of hydrogen-bond acceptors (Lipinski definition) is 4. The highest BCUT2D eigenvalue weighted by Gasteiger charge is 2.10. The number of nitrogens with one attached hydrogen (secondary N) is 1. The Kier molecular flexibility index (Phi) is 6.79. The number of anilines is 1. The van der Waals surface area contributed by atoms with Crippen LogP contribution in [0.25, 0.3) is 0 Å². The van der Waals surface area contributed by atoms with Crippen molar-refractivity contribution in [2.45, 2.75) is 20.1 Å². The summed E-state index contributed by atoms with van der Waals surface area (Å²) in [6, 6.07) is 14.7. The Morgan fingerprint density at radius 3 is 2.57 bits per heavy atom. The van der Waals surface area contributed by atoms with Crippen molar-refractivity contribution < 1.29 is 23.8 Å². The van der Waals surface area contributed by atoms with Gasteiger partial charge in [-0.25, -0.2) is 9.18 Å². The van der Waals surface area contributed by atoms with Crippen molar-refractivity contribution >= 4 is 23.3 Å². The minimum Gasteiger partial charge on any atom is -0.493 e. The Bertz CT molecular complexity index is 1070. The molecule has 3 aromatic carbocycles. The largest absolute Gasteiger partial charge is 0.493 e. The average Bonchev–Trinajstić information content (AvgIpc) is 2.72. The number of carboxylic acids is 1. The molecule has 0 bridgehead atoms. The minimum absolute atomic E-state index is 0.183. The molecule has 0 heterocycles. The van der Waals surface area contributed by atoms with Gasteiger partial charge in [-0.2, -0.15) is 0 Å². The summed E-state index contributed by atoms with van der Waals surface area (Å²) in [6.45, 7) is 2.56. The number of methoxy groups -OCH3 is 1. The van der Waals surface area contributed by atoms with Crippen LogP contribution in [-0.4, -0.2) is 18.2 Å². The molecular weight excluding hydrogens is 409 g/mol. The molecule has 0 saturated heterocycles. The van der Waals surface area contributed by atoms with Gasteiger partial charge in [-0.3, -0.25) is 0 Å². The number of carbonyl (C=O) groups is 1. The molecule has 3 rings (SSSR count). The van der Waals surface area contributed by atoms with E-state index in [1.165, 1.54) is 12.1 Å². The zero-order valence-corrected chi connectivity index (χ0v) is 17.3. The molecule has 0 aromatic heterocycles. The highest BCUT2D eigenvalue weighted by Crippen LogP contribution is 2.30. The van der Waals surface area contributed by atoms with Crippen molar-refractivity contribution in [3.63, 3.8) is 0 Å². The van der Waals surface area contributed by atoms with Crippen LogP contribution in [0.5, 0.6) is 11.5 Å². The van der Waals surface area contributed by atoms with Crippen molar-refractivity contribution in [1.82, 2.24) is 0 Å². The van der Waals surface area contributed by atoms with Crippen LogP contribution < -0.4 is 14.8 Å². The van der Waals surface area contributed by atoms with Crippen LogP contribution in [0.4, 0.5) is 10.1 Å². The molecule has 0 spiro atoms. The fraction of sp³-hybridized carbons (Fsp3) is 0.174. The predicted molar refractivity (Wildman–Crippen MR) is 114 cm³/mol. The standard InChI is InChI=1S/C23H21ClFNO4/c1-14-9-16(23(27)28)5-7-20(14)26-12-15-3-8-21(22(10-15)29-2)30-13-17-4-6-18(25)11-19(17)24/h3-11,26H,12-13H2,1-2H3,(H,27,28). The van der Waals surface area contributed by atoms with E-state index < -0.39 is 11.8 Å². The van der Waals surface area contributed by atoms with Gasteiger partial charge in [0.25, 0.3) is 0 Å². The maximum Gasteiger partial charge on any atom is 0.335 e. The van der Waals surface area contributed by atoms with Crippen LogP contribution >= 0.6 is 11.6 Å². The quantitative estimate of drug-likeness (QED) is 0.481. The molecule has 5 nitrogen and oxygen atoms in total. The summed E-state index contributed by atoms with van der Waals surface area (Å²) in [6.07, 6.45) is 0. The first-order chi connectivity index (χ1) is 14.4. The molecule has 0 aliphatic heterocycles. The molecule has 0 unspecified atom stereocenters. The van der Waals surface area contributed by atoms with Crippen molar-refractivity contribution in [1.29, 1.82) is 0 Å². The molecule has 0 aliphatic carbocycles. The van der Waals surface area contributed by atoms with E-state index in [9.17, 15) is 9.18 Å². The lowest BCUT2D eigenvalue weighted by atomic mass is 10.1. The van der Waals surface area contributed by atoms with Crippen LogP contribution in [0, 0.1) is 12.7 Å². The van der Waals surface area contributed by atoms with Gasteiger partial charge in [-0.1, -0.05) is 23.7 Å². The van der Waals surface area contributed by atoms with E-state index in [2.05, 4.69) is 5.32 Å². The highest BCUT2D eigenvalue weighted by atomic mass is 35.5. The van der Waals surface area contributed by atoms with Crippen molar-refractivity contribution in [3.8, 4) is 11.5 Å². The number of halogens is 2. The summed E-state index contributed by atoms with van der Waals surface area (Å²) >= 11 is 6.04. The van der Waals surface area contributed by atoms with Gasteiger partial charge in [0, 0.05) is 17.8 Å². The van der Waals surface area contributed by atoms with Gasteiger partial charge in [-0.15, -0.1) is 0 Å². The number of carboxylic acid groups (broad SMARTS) is 1. The van der Waals surface area contributed by atoms with E-state index in [0.717, 1.165) is 16.8 Å². The molecule has 156 valence electrons. The van der Waals surface area contributed by atoms with E-state index in [1.807, 2.05) is 19.1 Å². The minimum atomic E-state index is -0.952. The number of aromatic carboxylic acids is 1. The van der Waals surface area contributed by atoms with Crippen LogP contribution in [0.1, 0.15) is 27.0 Å². The molecule has 0 aliphatic rings. The molecule has 30 heavy (non-hydrogen) atoms. The summed E-state index contributed by atoms with van der Waals surface area (Å²) in [5, 5.41) is 12.7. The smallest absolute Gasteiger partial charge is 0.335 e. The van der Waals surface area contributed by atoms with Crippen LogP contribution in [0.2, 0.25) is 5.02 Å². The van der Waals surface area contributed by atoms with Crippen LogP contribution in [0.3, 0.4) is 0 Å². The molecule has 0 saturated carbocycles. The number of ether oxygens (including phenoxy) is 2. The van der Waals surface area contributed by atoms with Crippen LogP contribution in [-0.2, 0) is 13.2 Å². The highest BCUT2D eigenvalue weighted by molar-refractivity contribution is 6.31. The third-order valence-corrected chi connectivity index (χ3v) is 4.93. The maximum absolute atomic E-state index is 13.2. The first-order valence-electron chi connectivity index (χ1n) is 9.19. The maximum atomic E-state index is 13.2. The number of aryl methyl sites for hydroxylation is 1. The Hall–Kier alpha value is -3.25. The van der Waals surface area contributed by atoms with Gasteiger partial charge in [0.05, 0.1) is 17.7 Å². The molecule has 0 atom stereocenters. The lowest BCUT2D eigenvalue weighted by Crippen LogP contribution is -2.04. The third kappa shape index (κ3) is 5.21. The third-order valence-electron chi connectivity index (χ3n) is 4.58. The van der Waals surface area contributed by atoms with Gasteiger partial charge < -0.3 is 19.9 Å². The van der Waals surface area contributed by atoms with E-state index in [-0.39, 0.29) is 12.2 Å². The van der Waals surface area contributed by atoms with Gasteiger partial charge in [0.15, 0.2) is 11.5 Å². The van der Waals surface area contributed by atoms with Gasteiger partial charge >= 0.3 is 5.97 Å². The normalized spacial score (nSPS) is 10.5. The van der Waals surface area contributed by atoms with E-state index >= 15 is 0 Å². The zero-order chi connectivity index (χ0) is 21.7. The second kappa shape index (κ2) is 9.50. The molecule has 0 amide bonds. The number of benzene rings is 3. The van der Waals surface area contributed by atoms with Gasteiger partial charge in [-0.05, 0) is 60.5 Å². The zero-order valence-electron chi connectivity index (χ0n) is 16.5. The molecular formula is C23H21ClFNO4. The van der Waals surface area contributed by atoms with Crippen molar-refractivity contribution in [2.75, 3.05) is 12.4 Å². The summed E-state index contributed by atoms with van der Waals surface area (Å²) < 4.78 is 24.4. The Morgan fingerprint density at radius 2 is 1.90 bits per heavy atom. The van der Waals surface area contributed by atoms with E-state index in [0.29, 0.717) is 28.6 Å². The van der Waals surface area contributed by atoms with E-state index in [4.69, 9.17) is 26.2 Å². The van der Waals surface area contributed by atoms with Crippen molar-refractivity contribution in [3.05, 3.63) is 87.7 Å². The molecule has 3 aromatic rings. The first kappa shape index (κ1) is 21.5. The lowest BCUT2D eigenvalue weighted by molar-refractivity contribution is 0.0697. The summed E-state index contributed by atoms with van der Waals surface area (Å²) in [4.78, 5) is 11.1. The summed E-state index contributed by atoms with van der Waals surface area (Å²) in [5.74, 6) is -0.243. The first-order valence-corrected chi connectivity index (χ1v) is 9.56. The number of hydrogen-bond donors (Lipinski definition) is 2. The number of rotatable bonds is 8. The SMILES string of the molecule is COc1cc(CNc2ccc(C(=O)O)cc2C)ccc1OCc1ccc(F)cc1Cl. The average molecular weight is 430 g/mol. The monoisotopic (exact) mass is 429 g/mol. The topological polar surface area (TPSA) is 67.8 Å². The summed E-state index contributed by atoms with van der Waals surface area (Å²) in [7, 11) is 1.55. The molecule has 2 N–H and O–H groups in total. The molecule has 0 radical (unpaired) electrons. The molecule has 0 fully saturated rings. The molecule has 7 heteroatoms. The lowest BCUT2D eigenvalue weighted by Gasteiger charge is -2.14.